The molecule has 214 valence electrons. The predicted octanol–water partition coefficient (Wildman–Crippen LogP) is 3.90. The molecular formula is C29H34FN3O6S. The lowest BCUT2D eigenvalue weighted by atomic mass is 10.1. The number of ether oxygens (including phenoxy) is 2. The Morgan fingerprint density at radius 1 is 0.975 bits per heavy atom. The highest BCUT2D eigenvalue weighted by molar-refractivity contribution is 7.92. The molecule has 0 aliphatic carbocycles. The Labute approximate surface area is 234 Å². The van der Waals surface area contributed by atoms with Crippen molar-refractivity contribution in [2.75, 3.05) is 32.1 Å². The molecule has 1 atom stereocenters. The highest BCUT2D eigenvalue weighted by Crippen LogP contribution is 2.32. The first-order valence-electron chi connectivity index (χ1n) is 12.6. The molecule has 1 N–H and O–H groups in total. The maximum atomic E-state index is 14.0. The molecule has 0 radical (unpaired) electrons. The molecule has 0 aliphatic heterocycles. The van der Waals surface area contributed by atoms with E-state index < -0.39 is 34.3 Å². The number of aryl methyl sites for hydroxylation is 1. The summed E-state index contributed by atoms with van der Waals surface area (Å²) in [6.07, 6.45) is 0.302. The van der Waals surface area contributed by atoms with Crippen molar-refractivity contribution in [1.29, 1.82) is 0 Å². The van der Waals surface area contributed by atoms with E-state index in [1.54, 1.807) is 6.92 Å². The standard InChI is InChI=1S/C29H34FN3O6S/c1-6-25(29(35)31-3)32(18-21-10-8-7-9-20(21)2)28(34)19-33(23-13-11-22(30)12-14-23)40(36,37)24-15-16-26(38-4)27(17-24)39-5/h7-17,25H,6,18-19H2,1-5H3,(H,31,35). The van der Waals surface area contributed by atoms with Gasteiger partial charge in [0.05, 0.1) is 24.8 Å². The fourth-order valence-corrected chi connectivity index (χ4v) is 5.73. The summed E-state index contributed by atoms with van der Waals surface area (Å²) in [6, 6.07) is 15.5. The minimum Gasteiger partial charge on any atom is -0.493 e. The minimum atomic E-state index is -4.37. The maximum absolute atomic E-state index is 14.0. The number of hydrogen-bond acceptors (Lipinski definition) is 6. The van der Waals surface area contributed by atoms with Gasteiger partial charge in [-0.3, -0.25) is 13.9 Å². The van der Waals surface area contributed by atoms with Gasteiger partial charge in [-0.1, -0.05) is 31.2 Å². The molecule has 1 unspecified atom stereocenters. The third kappa shape index (κ3) is 6.71. The van der Waals surface area contributed by atoms with Gasteiger partial charge in [0, 0.05) is 19.7 Å². The number of hydrogen-bond donors (Lipinski definition) is 1. The summed E-state index contributed by atoms with van der Waals surface area (Å²) >= 11 is 0. The lowest BCUT2D eigenvalue weighted by Crippen LogP contribution is -2.51. The summed E-state index contributed by atoms with van der Waals surface area (Å²) in [6.45, 7) is 3.12. The van der Waals surface area contributed by atoms with E-state index in [-0.39, 0.29) is 28.8 Å². The first kappa shape index (κ1) is 30.4. The number of amides is 2. The summed E-state index contributed by atoms with van der Waals surface area (Å²) < 4.78 is 53.1. The molecule has 0 fully saturated rings. The maximum Gasteiger partial charge on any atom is 0.264 e. The van der Waals surface area contributed by atoms with Crippen LogP contribution in [-0.4, -0.2) is 59.0 Å². The van der Waals surface area contributed by atoms with Gasteiger partial charge in [0.25, 0.3) is 10.0 Å². The van der Waals surface area contributed by atoms with Crippen LogP contribution in [0.5, 0.6) is 11.5 Å². The molecule has 3 aromatic carbocycles. The number of methoxy groups -OCH3 is 2. The van der Waals surface area contributed by atoms with Crippen molar-refractivity contribution in [1.82, 2.24) is 10.2 Å². The zero-order chi connectivity index (χ0) is 29.4. The highest BCUT2D eigenvalue weighted by atomic mass is 32.2. The zero-order valence-corrected chi connectivity index (χ0v) is 24.0. The molecule has 2 amide bonds. The minimum absolute atomic E-state index is 0.0772. The number of rotatable bonds is 12. The molecule has 0 saturated heterocycles. The predicted molar refractivity (Wildman–Crippen MR) is 150 cm³/mol. The van der Waals surface area contributed by atoms with E-state index in [1.807, 2.05) is 31.2 Å². The Kier molecular flexibility index (Phi) is 10.1. The van der Waals surface area contributed by atoms with E-state index in [9.17, 15) is 22.4 Å². The second kappa shape index (κ2) is 13.3. The van der Waals surface area contributed by atoms with Crippen LogP contribution in [0.1, 0.15) is 24.5 Å². The van der Waals surface area contributed by atoms with Crippen molar-refractivity contribution in [2.45, 2.75) is 37.8 Å². The van der Waals surface area contributed by atoms with E-state index in [4.69, 9.17) is 9.47 Å². The number of anilines is 1. The molecule has 3 rings (SSSR count). The van der Waals surface area contributed by atoms with Crippen LogP contribution >= 0.6 is 0 Å². The van der Waals surface area contributed by atoms with Crippen LogP contribution in [0.25, 0.3) is 0 Å². The number of sulfonamides is 1. The van der Waals surface area contributed by atoms with Gasteiger partial charge in [-0.25, -0.2) is 12.8 Å². The van der Waals surface area contributed by atoms with Gasteiger partial charge in [0.15, 0.2) is 11.5 Å². The number of nitrogens with zero attached hydrogens (tertiary/aromatic N) is 2. The average Bonchev–Trinajstić information content (AvgIpc) is 2.96. The summed E-state index contributed by atoms with van der Waals surface area (Å²) in [5.74, 6) is -1.04. The van der Waals surface area contributed by atoms with Crippen LogP contribution in [0.15, 0.2) is 71.6 Å². The molecule has 0 aliphatic rings. The van der Waals surface area contributed by atoms with Gasteiger partial charge in [0.1, 0.15) is 18.4 Å². The van der Waals surface area contributed by atoms with E-state index in [2.05, 4.69) is 5.32 Å². The number of carbonyl (C=O) groups is 2. The van der Waals surface area contributed by atoms with Crippen LogP contribution in [0.4, 0.5) is 10.1 Å². The van der Waals surface area contributed by atoms with Crippen LogP contribution in [0.3, 0.4) is 0 Å². The molecule has 0 bridgehead atoms. The Balaban J connectivity index is 2.10. The van der Waals surface area contributed by atoms with Crippen molar-refractivity contribution in [3.8, 4) is 11.5 Å². The van der Waals surface area contributed by atoms with Gasteiger partial charge < -0.3 is 19.7 Å². The second-order valence-corrected chi connectivity index (χ2v) is 10.9. The van der Waals surface area contributed by atoms with E-state index >= 15 is 0 Å². The molecule has 11 heteroatoms. The second-order valence-electron chi connectivity index (χ2n) is 8.99. The van der Waals surface area contributed by atoms with Gasteiger partial charge in [-0.2, -0.15) is 0 Å². The summed E-state index contributed by atoms with van der Waals surface area (Å²) in [7, 11) is -0.0818. The fourth-order valence-electron chi connectivity index (χ4n) is 4.30. The molecule has 3 aromatic rings. The van der Waals surface area contributed by atoms with Crippen molar-refractivity contribution in [3.63, 3.8) is 0 Å². The smallest absolute Gasteiger partial charge is 0.264 e. The van der Waals surface area contributed by atoms with Crippen LogP contribution in [-0.2, 0) is 26.2 Å². The van der Waals surface area contributed by atoms with Gasteiger partial charge in [-0.15, -0.1) is 0 Å². The highest BCUT2D eigenvalue weighted by Gasteiger charge is 2.34. The summed E-state index contributed by atoms with van der Waals surface area (Å²) in [4.78, 5) is 28.0. The van der Waals surface area contributed by atoms with E-state index in [0.717, 1.165) is 27.6 Å². The lowest BCUT2D eigenvalue weighted by Gasteiger charge is -2.33. The Morgan fingerprint density at radius 3 is 2.20 bits per heavy atom. The van der Waals surface area contributed by atoms with E-state index in [0.29, 0.717) is 12.2 Å². The fraction of sp³-hybridized carbons (Fsp3) is 0.310. The SMILES string of the molecule is CCC(C(=O)NC)N(Cc1ccccc1C)C(=O)CN(c1ccc(F)cc1)S(=O)(=O)c1ccc(OC)c(OC)c1. The molecule has 0 spiro atoms. The van der Waals surface area contributed by atoms with Crippen molar-refractivity contribution in [2.24, 2.45) is 0 Å². The topological polar surface area (TPSA) is 105 Å². The number of likely N-dealkylation sites (N-methyl/N-ethyl adjacent to an activating group) is 1. The first-order chi connectivity index (χ1) is 19.1. The third-order valence-electron chi connectivity index (χ3n) is 6.57. The Hall–Kier alpha value is -4.12. The van der Waals surface area contributed by atoms with Crippen molar-refractivity contribution in [3.05, 3.63) is 83.7 Å². The molecule has 40 heavy (non-hydrogen) atoms. The average molecular weight is 572 g/mol. The lowest BCUT2D eigenvalue weighted by molar-refractivity contribution is -0.140. The molecule has 9 nitrogen and oxygen atoms in total. The van der Waals surface area contributed by atoms with Crippen LogP contribution in [0, 0.1) is 12.7 Å². The number of benzene rings is 3. The number of halogens is 1. The quantitative estimate of drug-likeness (QED) is 0.354. The zero-order valence-electron chi connectivity index (χ0n) is 23.2. The molecule has 0 saturated carbocycles. The Morgan fingerprint density at radius 2 is 1.62 bits per heavy atom. The molecular weight excluding hydrogens is 537 g/mol. The first-order valence-corrected chi connectivity index (χ1v) is 14.1. The molecule has 0 aromatic heterocycles. The van der Waals surface area contributed by atoms with Crippen LogP contribution < -0.4 is 19.1 Å². The molecule has 0 heterocycles. The summed E-state index contributed by atoms with van der Waals surface area (Å²) in [5.41, 5.74) is 1.81. The Bertz CT molecular complexity index is 1450. The van der Waals surface area contributed by atoms with Gasteiger partial charge in [0.2, 0.25) is 11.8 Å². The van der Waals surface area contributed by atoms with Gasteiger partial charge >= 0.3 is 0 Å². The number of nitrogens with one attached hydrogen (secondary N) is 1. The summed E-state index contributed by atoms with van der Waals surface area (Å²) in [5, 5.41) is 2.59. The van der Waals surface area contributed by atoms with Crippen molar-refractivity contribution >= 4 is 27.5 Å². The van der Waals surface area contributed by atoms with E-state index in [1.165, 1.54) is 56.5 Å². The monoisotopic (exact) mass is 571 g/mol. The third-order valence-corrected chi connectivity index (χ3v) is 8.34. The van der Waals surface area contributed by atoms with Gasteiger partial charge in [-0.05, 0) is 60.9 Å². The largest absolute Gasteiger partial charge is 0.493 e. The van der Waals surface area contributed by atoms with Crippen LogP contribution in [0.2, 0.25) is 0 Å². The number of carbonyl (C=O) groups excluding carboxylic acids is 2. The van der Waals surface area contributed by atoms with Crippen molar-refractivity contribution < 1.29 is 31.9 Å². The normalized spacial score (nSPS) is 11.8.